The molecule has 13 saturated carbocycles. The second kappa shape index (κ2) is 10.8. The van der Waals surface area contributed by atoms with Gasteiger partial charge in [0, 0.05) is 0 Å². The minimum atomic E-state index is 1.16. The van der Waals surface area contributed by atoms with Gasteiger partial charge in [-0.2, -0.15) is 0 Å². The highest BCUT2D eigenvalue weighted by molar-refractivity contribution is 5.19. The summed E-state index contributed by atoms with van der Waals surface area (Å²) in [6.07, 6.45) is 39.8. The standard InChI is InChI=1S/C48H72/c1-2-10-26-25(9-1)29-13-6-18-34-39-23-41-36-20-8-17-33-32-16-5-15-31-27-11-3-4-12-28(27)37-21-22-38(48(46(33)36)47(37)45(31)32)42(41)24-40(39)35-19-7-14-30(26)44(35)43(29)34/h25-48H,1-24H2. The normalized spacial score (nSPS) is 66.0. The molecule has 24 atom stereocenters. The summed E-state index contributed by atoms with van der Waals surface area (Å²) in [5.41, 5.74) is 0. The smallest absolute Gasteiger partial charge is 0.0315 e. The lowest BCUT2D eigenvalue weighted by molar-refractivity contribution is -0.260. The number of rotatable bonds is 0. The summed E-state index contributed by atoms with van der Waals surface area (Å²) in [7, 11) is 0. The van der Waals surface area contributed by atoms with Crippen LogP contribution in [0.15, 0.2) is 0 Å². The van der Waals surface area contributed by atoms with E-state index in [2.05, 4.69) is 0 Å². The fourth-order valence-corrected chi connectivity index (χ4v) is 22.7. The van der Waals surface area contributed by atoms with Crippen molar-refractivity contribution in [2.75, 3.05) is 0 Å². The molecule has 0 saturated heterocycles. The summed E-state index contributed by atoms with van der Waals surface area (Å²) < 4.78 is 0. The van der Waals surface area contributed by atoms with E-state index in [0.717, 1.165) is 11.8 Å². The first kappa shape index (κ1) is 29.5. The molecule has 264 valence electrons. The molecule has 13 rings (SSSR count). The van der Waals surface area contributed by atoms with E-state index in [0.29, 0.717) is 0 Å². The van der Waals surface area contributed by atoms with Crippen LogP contribution in [0.1, 0.15) is 154 Å². The van der Waals surface area contributed by atoms with E-state index in [1.807, 2.05) is 0 Å². The van der Waals surface area contributed by atoms with Crippen LogP contribution in [0.2, 0.25) is 0 Å². The Labute approximate surface area is 295 Å². The van der Waals surface area contributed by atoms with Gasteiger partial charge in [-0.25, -0.2) is 0 Å². The number of hydrogen-bond donors (Lipinski definition) is 0. The SMILES string of the molecule is C1CCC2C(C1)C1CCCC3C4CC5C(CC4C4CCCC2C4C13)C1CCC2C3CCCCC3C3CCCC4C6CCCC5C6C1C2C34. The molecule has 0 nitrogen and oxygen atoms in total. The minimum absolute atomic E-state index is 1.16. The van der Waals surface area contributed by atoms with Crippen LogP contribution in [-0.4, -0.2) is 0 Å². The zero-order valence-electron chi connectivity index (χ0n) is 30.8. The molecule has 0 bridgehead atoms. The third kappa shape index (κ3) is 3.68. The molecule has 0 aromatic heterocycles. The summed E-state index contributed by atoms with van der Waals surface area (Å²) in [5, 5.41) is 0. The maximum Gasteiger partial charge on any atom is -0.0315 e. The van der Waals surface area contributed by atoms with Crippen molar-refractivity contribution in [3.8, 4) is 0 Å². The molecule has 0 heterocycles. The van der Waals surface area contributed by atoms with Crippen molar-refractivity contribution < 1.29 is 0 Å². The molecule has 0 amide bonds. The van der Waals surface area contributed by atoms with E-state index < -0.39 is 0 Å². The van der Waals surface area contributed by atoms with Gasteiger partial charge < -0.3 is 0 Å². The highest BCUT2D eigenvalue weighted by Gasteiger charge is 2.70. The summed E-state index contributed by atoms with van der Waals surface area (Å²) >= 11 is 0. The molecule has 0 heteroatoms. The Morgan fingerprint density at radius 2 is 0.354 bits per heavy atom. The van der Waals surface area contributed by atoms with Crippen molar-refractivity contribution in [2.45, 2.75) is 154 Å². The molecular formula is C48H72. The van der Waals surface area contributed by atoms with Crippen LogP contribution in [0.25, 0.3) is 0 Å². The summed E-state index contributed by atoms with van der Waals surface area (Å²) in [6, 6.07) is 0. The Kier molecular flexibility index (Phi) is 6.62. The zero-order valence-corrected chi connectivity index (χ0v) is 30.8. The van der Waals surface area contributed by atoms with E-state index in [1.165, 1.54) is 130 Å². The predicted molar refractivity (Wildman–Crippen MR) is 195 cm³/mol. The van der Waals surface area contributed by atoms with Gasteiger partial charge in [0.05, 0.1) is 0 Å². The van der Waals surface area contributed by atoms with E-state index in [9.17, 15) is 0 Å². The summed E-state index contributed by atoms with van der Waals surface area (Å²) in [4.78, 5) is 0. The molecule has 48 heavy (non-hydrogen) atoms. The first-order valence-electron chi connectivity index (χ1n) is 23.8. The molecule has 0 aromatic carbocycles. The fourth-order valence-electron chi connectivity index (χ4n) is 22.7. The van der Waals surface area contributed by atoms with E-state index >= 15 is 0 Å². The molecule has 0 aliphatic heterocycles. The van der Waals surface area contributed by atoms with Gasteiger partial charge in [0.1, 0.15) is 0 Å². The third-order valence-corrected chi connectivity index (χ3v) is 22.7. The van der Waals surface area contributed by atoms with Gasteiger partial charge in [0.15, 0.2) is 0 Å². The van der Waals surface area contributed by atoms with Gasteiger partial charge >= 0.3 is 0 Å². The lowest BCUT2D eigenvalue weighted by atomic mass is 9.31. The van der Waals surface area contributed by atoms with Crippen molar-refractivity contribution >= 4 is 0 Å². The second-order valence-corrected chi connectivity index (χ2v) is 22.8. The lowest BCUT2D eigenvalue weighted by Gasteiger charge is -2.74. The average Bonchev–Trinajstić information content (AvgIpc) is 3.16. The fraction of sp³-hybridized carbons (Fsp3) is 1.00. The van der Waals surface area contributed by atoms with Crippen molar-refractivity contribution in [2.24, 2.45) is 142 Å². The second-order valence-electron chi connectivity index (χ2n) is 22.8. The van der Waals surface area contributed by atoms with Crippen LogP contribution >= 0.6 is 0 Å². The summed E-state index contributed by atoms with van der Waals surface area (Å²) in [6.45, 7) is 0. The van der Waals surface area contributed by atoms with Gasteiger partial charge in [0.2, 0.25) is 0 Å². The molecule has 0 radical (unpaired) electrons. The van der Waals surface area contributed by atoms with Crippen molar-refractivity contribution in [3.63, 3.8) is 0 Å². The van der Waals surface area contributed by atoms with Gasteiger partial charge in [-0.3, -0.25) is 0 Å². The highest BCUT2D eigenvalue weighted by atomic mass is 14.8. The van der Waals surface area contributed by atoms with Gasteiger partial charge in [-0.1, -0.05) is 51.4 Å². The Bertz CT molecular complexity index is 1260. The molecule has 0 spiro atoms. The van der Waals surface area contributed by atoms with Gasteiger partial charge in [0.25, 0.3) is 0 Å². The van der Waals surface area contributed by atoms with Crippen LogP contribution in [0, 0.1) is 142 Å². The Morgan fingerprint density at radius 1 is 0.146 bits per heavy atom. The van der Waals surface area contributed by atoms with Crippen LogP contribution in [0.5, 0.6) is 0 Å². The minimum Gasteiger partial charge on any atom is -0.0530 e. The maximum atomic E-state index is 1.77. The van der Waals surface area contributed by atoms with Gasteiger partial charge in [-0.15, -0.1) is 0 Å². The molecule has 24 unspecified atom stereocenters. The Hall–Kier alpha value is 0. The number of hydrogen-bond acceptors (Lipinski definition) is 0. The van der Waals surface area contributed by atoms with E-state index in [1.54, 1.807) is 154 Å². The predicted octanol–water partition coefficient (Wildman–Crippen LogP) is 12.3. The maximum absolute atomic E-state index is 1.77. The number of fused-ring (bicyclic) bond motifs is 13. The van der Waals surface area contributed by atoms with Crippen LogP contribution in [-0.2, 0) is 0 Å². The van der Waals surface area contributed by atoms with Crippen LogP contribution < -0.4 is 0 Å². The van der Waals surface area contributed by atoms with Crippen molar-refractivity contribution in [3.05, 3.63) is 0 Å². The van der Waals surface area contributed by atoms with Crippen LogP contribution in [0.4, 0.5) is 0 Å². The molecule has 13 aliphatic rings. The highest BCUT2D eigenvalue weighted by Crippen LogP contribution is 2.77. The van der Waals surface area contributed by atoms with E-state index in [4.69, 9.17) is 0 Å². The monoisotopic (exact) mass is 649 g/mol. The Morgan fingerprint density at radius 3 is 0.688 bits per heavy atom. The zero-order chi connectivity index (χ0) is 30.8. The van der Waals surface area contributed by atoms with E-state index in [-0.39, 0.29) is 0 Å². The molecule has 13 fully saturated rings. The average molecular weight is 649 g/mol. The topological polar surface area (TPSA) is 0 Å². The first-order chi connectivity index (χ1) is 23.8. The molecular weight excluding hydrogens is 577 g/mol. The van der Waals surface area contributed by atoms with Gasteiger partial charge in [-0.05, 0) is 245 Å². The van der Waals surface area contributed by atoms with Crippen LogP contribution in [0.3, 0.4) is 0 Å². The molecule has 0 aromatic rings. The molecule has 0 N–H and O–H groups in total. The Balaban J connectivity index is 0.897. The molecule has 13 aliphatic carbocycles. The third-order valence-electron chi connectivity index (χ3n) is 22.7. The van der Waals surface area contributed by atoms with Crippen molar-refractivity contribution in [1.82, 2.24) is 0 Å². The quantitative estimate of drug-likeness (QED) is 0.245. The largest absolute Gasteiger partial charge is 0.0530 e. The summed E-state index contributed by atoms with van der Waals surface area (Å²) in [5.74, 6) is 28.2. The first-order valence-corrected chi connectivity index (χ1v) is 23.8. The van der Waals surface area contributed by atoms with Crippen molar-refractivity contribution in [1.29, 1.82) is 0 Å². The lowest BCUT2D eigenvalue weighted by Crippen LogP contribution is -2.68.